The first-order valence-corrected chi connectivity index (χ1v) is 10.7. The molecule has 3 N–H and O–H groups in total. The first-order chi connectivity index (χ1) is 14.4. The monoisotopic (exact) mass is 409 g/mol. The second kappa shape index (κ2) is 10.1. The molecule has 0 radical (unpaired) electrons. The summed E-state index contributed by atoms with van der Waals surface area (Å²) in [6.07, 6.45) is 4.42. The highest BCUT2D eigenvalue weighted by atomic mass is 16.5. The van der Waals surface area contributed by atoms with Crippen molar-refractivity contribution in [2.45, 2.75) is 39.5 Å². The minimum Gasteiger partial charge on any atom is -0.494 e. The van der Waals surface area contributed by atoms with Gasteiger partial charge < -0.3 is 20.7 Å². The van der Waals surface area contributed by atoms with Gasteiger partial charge in [0.2, 0.25) is 5.91 Å². The van der Waals surface area contributed by atoms with E-state index in [1.54, 1.807) is 36.4 Å². The van der Waals surface area contributed by atoms with Gasteiger partial charge in [-0.1, -0.05) is 13.8 Å². The average Bonchev–Trinajstić information content (AvgIpc) is 2.74. The lowest BCUT2D eigenvalue weighted by molar-refractivity contribution is 0.0996. The van der Waals surface area contributed by atoms with Crippen molar-refractivity contribution in [2.24, 2.45) is 11.7 Å². The first kappa shape index (κ1) is 21.7. The zero-order valence-corrected chi connectivity index (χ0v) is 17.8. The number of primary amides is 1. The van der Waals surface area contributed by atoms with E-state index >= 15 is 0 Å². The van der Waals surface area contributed by atoms with Crippen molar-refractivity contribution in [2.75, 3.05) is 29.9 Å². The molecule has 0 aliphatic carbocycles. The number of hydrogen-bond donors (Lipinski definition) is 2. The Morgan fingerprint density at radius 1 is 1.03 bits per heavy atom. The van der Waals surface area contributed by atoms with Crippen LogP contribution in [0.1, 0.15) is 60.2 Å². The summed E-state index contributed by atoms with van der Waals surface area (Å²) in [6, 6.07) is 12.4. The quantitative estimate of drug-likeness (QED) is 0.674. The second-order valence-electron chi connectivity index (χ2n) is 8.15. The van der Waals surface area contributed by atoms with Crippen LogP contribution in [0.3, 0.4) is 0 Å². The van der Waals surface area contributed by atoms with Crippen LogP contribution in [0.5, 0.6) is 5.75 Å². The Kier molecular flexibility index (Phi) is 7.33. The predicted octanol–water partition coefficient (Wildman–Crippen LogP) is 4.45. The van der Waals surface area contributed by atoms with Crippen LogP contribution in [0, 0.1) is 5.92 Å². The van der Waals surface area contributed by atoms with Crippen LogP contribution in [0.25, 0.3) is 0 Å². The lowest BCUT2D eigenvalue weighted by atomic mass is 10.1. The number of nitrogens with zero attached hydrogens (tertiary/aromatic N) is 1. The van der Waals surface area contributed by atoms with E-state index in [1.165, 1.54) is 6.42 Å². The van der Waals surface area contributed by atoms with Crippen molar-refractivity contribution < 1.29 is 14.3 Å². The molecule has 2 amide bonds. The standard InChI is InChI=1S/C24H31N3O3/c1-17(2)12-15-30-20-9-6-18(7-10-20)24(29)26-21-16-19(23(25)28)8-11-22(21)27-13-4-3-5-14-27/h6-11,16-17H,3-5,12-15H2,1-2H3,(H2,25,28)(H,26,29). The molecular weight excluding hydrogens is 378 g/mol. The number of carbonyl (C=O) groups is 2. The molecule has 0 atom stereocenters. The number of anilines is 2. The molecule has 2 aromatic rings. The molecule has 2 aromatic carbocycles. The summed E-state index contributed by atoms with van der Waals surface area (Å²) in [4.78, 5) is 26.7. The molecule has 0 bridgehead atoms. The van der Waals surface area contributed by atoms with Gasteiger partial charge in [-0.3, -0.25) is 9.59 Å². The van der Waals surface area contributed by atoms with E-state index in [4.69, 9.17) is 10.5 Å². The number of rotatable bonds is 8. The number of hydrogen-bond acceptors (Lipinski definition) is 4. The summed E-state index contributed by atoms with van der Waals surface area (Å²) in [5, 5.41) is 2.97. The predicted molar refractivity (Wildman–Crippen MR) is 120 cm³/mol. The van der Waals surface area contributed by atoms with Crippen molar-refractivity contribution in [3.63, 3.8) is 0 Å². The van der Waals surface area contributed by atoms with Gasteiger partial charge in [0.05, 0.1) is 18.0 Å². The zero-order valence-electron chi connectivity index (χ0n) is 17.8. The Morgan fingerprint density at radius 3 is 2.33 bits per heavy atom. The molecule has 1 fully saturated rings. The minimum atomic E-state index is -0.515. The van der Waals surface area contributed by atoms with E-state index in [-0.39, 0.29) is 5.91 Å². The van der Waals surface area contributed by atoms with Crippen LogP contribution in [0.4, 0.5) is 11.4 Å². The molecule has 1 aliphatic heterocycles. The van der Waals surface area contributed by atoms with E-state index in [1.807, 2.05) is 6.07 Å². The van der Waals surface area contributed by atoms with Crippen LogP contribution in [-0.2, 0) is 0 Å². The van der Waals surface area contributed by atoms with Crippen molar-refractivity contribution in [3.05, 3.63) is 53.6 Å². The Balaban J connectivity index is 1.74. The number of nitrogens with two attached hydrogens (primary N) is 1. The lowest BCUT2D eigenvalue weighted by Gasteiger charge is -2.30. The van der Waals surface area contributed by atoms with Crippen molar-refractivity contribution in [1.82, 2.24) is 0 Å². The fraction of sp³-hybridized carbons (Fsp3) is 0.417. The number of carbonyl (C=O) groups excluding carboxylic acids is 2. The largest absolute Gasteiger partial charge is 0.494 e. The van der Waals surface area contributed by atoms with E-state index in [9.17, 15) is 9.59 Å². The second-order valence-corrected chi connectivity index (χ2v) is 8.15. The number of ether oxygens (including phenoxy) is 1. The van der Waals surface area contributed by atoms with Crippen LogP contribution in [0.2, 0.25) is 0 Å². The lowest BCUT2D eigenvalue weighted by Crippen LogP contribution is -2.30. The van der Waals surface area contributed by atoms with Gasteiger partial charge in [0.15, 0.2) is 0 Å². The third kappa shape index (κ3) is 5.75. The van der Waals surface area contributed by atoms with Crippen molar-refractivity contribution >= 4 is 23.2 Å². The van der Waals surface area contributed by atoms with Crippen LogP contribution >= 0.6 is 0 Å². The maximum atomic E-state index is 12.9. The Morgan fingerprint density at radius 2 is 1.70 bits per heavy atom. The molecule has 3 rings (SSSR count). The van der Waals surface area contributed by atoms with E-state index in [2.05, 4.69) is 24.1 Å². The van der Waals surface area contributed by atoms with Crippen LogP contribution in [0.15, 0.2) is 42.5 Å². The SMILES string of the molecule is CC(C)CCOc1ccc(C(=O)Nc2cc(C(N)=O)ccc2N2CCCCC2)cc1. The van der Waals surface area contributed by atoms with Crippen LogP contribution < -0.4 is 20.7 Å². The molecule has 6 heteroatoms. The Labute approximate surface area is 178 Å². The molecule has 1 aliphatic rings. The number of benzene rings is 2. The van der Waals surface area contributed by atoms with E-state index in [0.717, 1.165) is 43.8 Å². The van der Waals surface area contributed by atoms with Gasteiger partial charge in [0, 0.05) is 24.2 Å². The summed E-state index contributed by atoms with van der Waals surface area (Å²) >= 11 is 0. The smallest absolute Gasteiger partial charge is 0.255 e. The molecule has 0 saturated carbocycles. The van der Waals surface area contributed by atoms with E-state index < -0.39 is 5.91 Å². The molecule has 0 aromatic heterocycles. The first-order valence-electron chi connectivity index (χ1n) is 10.7. The highest BCUT2D eigenvalue weighted by Crippen LogP contribution is 2.30. The van der Waals surface area contributed by atoms with Crippen molar-refractivity contribution in [3.8, 4) is 5.75 Å². The third-order valence-corrected chi connectivity index (χ3v) is 5.31. The fourth-order valence-corrected chi connectivity index (χ4v) is 3.51. The summed E-state index contributed by atoms with van der Waals surface area (Å²) in [7, 11) is 0. The van der Waals surface area contributed by atoms with Crippen LogP contribution in [-0.4, -0.2) is 31.5 Å². The van der Waals surface area contributed by atoms with Gasteiger partial charge >= 0.3 is 0 Å². The van der Waals surface area contributed by atoms with Gasteiger partial charge in [-0.05, 0) is 74.1 Å². The number of nitrogens with one attached hydrogen (secondary N) is 1. The number of amides is 2. The molecule has 30 heavy (non-hydrogen) atoms. The summed E-state index contributed by atoms with van der Waals surface area (Å²) in [5.41, 5.74) is 7.88. The molecule has 6 nitrogen and oxygen atoms in total. The molecule has 1 heterocycles. The molecule has 160 valence electrons. The summed E-state index contributed by atoms with van der Waals surface area (Å²) in [6.45, 7) is 6.83. The topological polar surface area (TPSA) is 84.7 Å². The van der Waals surface area contributed by atoms with Gasteiger partial charge in [-0.15, -0.1) is 0 Å². The summed E-state index contributed by atoms with van der Waals surface area (Å²) < 4.78 is 5.72. The average molecular weight is 410 g/mol. The van der Waals surface area contributed by atoms with E-state index in [0.29, 0.717) is 29.3 Å². The highest BCUT2D eigenvalue weighted by Gasteiger charge is 2.18. The van der Waals surface area contributed by atoms with Crippen molar-refractivity contribution in [1.29, 1.82) is 0 Å². The third-order valence-electron chi connectivity index (χ3n) is 5.31. The maximum Gasteiger partial charge on any atom is 0.255 e. The number of piperidine rings is 1. The fourth-order valence-electron chi connectivity index (χ4n) is 3.51. The minimum absolute atomic E-state index is 0.233. The molecule has 1 saturated heterocycles. The van der Waals surface area contributed by atoms with Gasteiger partial charge in [0.1, 0.15) is 5.75 Å². The Hall–Kier alpha value is -3.02. The molecule has 0 unspecified atom stereocenters. The molecule has 0 spiro atoms. The highest BCUT2D eigenvalue weighted by molar-refractivity contribution is 6.07. The zero-order chi connectivity index (χ0) is 21.5. The summed E-state index contributed by atoms with van der Waals surface area (Å²) in [5.74, 6) is 0.583. The van der Waals surface area contributed by atoms with Gasteiger partial charge in [0.25, 0.3) is 5.91 Å². The Bertz CT molecular complexity index is 872. The van der Waals surface area contributed by atoms with Gasteiger partial charge in [-0.2, -0.15) is 0 Å². The van der Waals surface area contributed by atoms with Gasteiger partial charge in [-0.25, -0.2) is 0 Å². The maximum absolute atomic E-state index is 12.9. The normalized spacial score (nSPS) is 13.9. The molecular formula is C24H31N3O3.